The molecule has 9 nitrogen and oxygen atoms in total. The summed E-state index contributed by atoms with van der Waals surface area (Å²) in [5.41, 5.74) is 0.0157. The molecule has 0 saturated carbocycles. The molecule has 30 heavy (non-hydrogen) atoms. The number of amides is 1. The van der Waals surface area contributed by atoms with Gasteiger partial charge in [0.1, 0.15) is 13.2 Å². The Kier molecular flexibility index (Phi) is 5.35. The number of benzene rings is 2. The first-order valence-corrected chi connectivity index (χ1v) is 10.8. The molecule has 1 amide bonds. The molecule has 158 valence electrons. The molecule has 2 heterocycles. The molecule has 0 aliphatic carbocycles. The highest BCUT2D eigenvalue weighted by atomic mass is 32.2. The van der Waals surface area contributed by atoms with E-state index in [0.29, 0.717) is 24.7 Å². The zero-order chi connectivity index (χ0) is 21.3. The molecule has 0 atom stereocenters. The molecule has 10 heteroatoms. The fourth-order valence-electron chi connectivity index (χ4n) is 3.49. The Balaban J connectivity index is 1.48. The summed E-state index contributed by atoms with van der Waals surface area (Å²) in [4.78, 5) is 25.7. The van der Waals surface area contributed by atoms with Crippen molar-refractivity contribution >= 4 is 21.9 Å². The number of carbonyl (C=O) groups excluding carboxylic acids is 1. The molecule has 0 bridgehead atoms. The predicted molar refractivity (Wildman–Crippen MR) is 105 cm³/mol. The van der Waals surface area contributed by atoms with Gasteiger partial charge >= 0.3 is 5.97 Å². The predicted octanol–water partition coefficient (Wildman–Crippen LogP) is 1.30. The maximum Gasteiger partial charge on any atom is 0.336 e. The average Bonchev–Trinajstić information content (AvgIpc) is 2.78. The van der Waals surface area contributed by atoms with Gasteiger partial charge in [0.25, 0.3) is 5.91 Å². The molecule has 0 unspecified atom stereocenters. The largest absolute Gasteiger partial charge is 0.486 e. The van der Waals surface area contributed by atoms with Crippen LogP contribution in [0.4, 0.5) is 0 Å². The summed E-state index contributed by atoms with van der Waals surface area (Å²) in [5, 5.41) is 9.29. The summed E-state index contributed by atoms with van der Waals surface area (Å²) in [7, 11) is -3.77. The second kappa shape index (κ2) is 7.96. The summed E-state index contributed by atoms with van der Waals surface area (Å²) in [6.45, 7) is 1.32. The molecule has 2 aliphatic rings. The molecule has 4 rings (SSSR count). The number of hydrogen-bond acceptors (Lipinski definition) is 6. The molecular formula is C20H20N2O7S. The fourth-order valence-corrected chi connectivity index (χ4v) is 4.93. The third-order valence-electron chi connectivity index (χ3n) is 5.07. The molecule has 0 aromatic heterocycles. The molecule has 0 spiro atoms. The van der Waals surface area contributed by atoms with Gasteiger partial charge in [-0.2, -0.15) is 4.31 Å². The minimum Gasteiger partial charge on any atom is -0.486 e. The lowest BCUT2D eigenvalue weighted by Crippen LogP contribution is -2.50. The van der Waals surface area contributed by atoms with Crippen LogP contribution < -0.4 is 9.47 Å². The van der Waals surface area contributed by atoms with Crippen LogP contribution in [0, 0.1) is 0 Å². The number of piperazine rings is 1. The maximum atomic E-state index is 13.0. The Hall–Kier alpha value is -3.11. The van der Waals surface area contributed by atoms with E-state index >= 15 is 0 Å². The van der Waals surface area contributed by atoms with E-state index in [9.17, 15) is 23.1 Å². The van der Waals surface area contributed by atoms with E-state index in [1.165, 1.54) is 33.5 Å². The normalized spacial score (nSPS) is 16.9. The van der Waals surface area contributed by atoms with Gasteiger partial charge in [0.05, 0.1) is 16.0 Å². The molecule has 1 fully saturated rings. The van der Waals surface area contributed by atoms with Gasteiger partial charge in [-0.25, -0.2) is 13.2 Å². The summed E-state index contributed by atoms with van der Waals surface area (Å²) in [6.07, 6.45) is 0. The standard InChI is InChI=1S/C20H20N2O7S/c23-19(15-3-1-2-4-16(15)20(24)25)21-7-9-22(10-8-21)30(26,27)14-5-6-17-18(13-14)29-12-11-28-17/h1-6,13H,7-12H2,(H,24,25). The van der Waals surface area contributed by atoms with Crippen LogP contribution in [0.25, 0.3) is 0 Å². The zero-order valence-electron chi connectivity index (χ0n) is 16.0. The Morgan fingerprint density at radius 2 is 1.50 bits per heavy atom. The monoisotopic (exact) mass is 432 g/mol. The van der Waals surface area contributed by atoms with E-state index < -0.39 is 21.9 Å². The second-order valence-corrected chi connectivity index (χ2v) is 8.79. The first-order valence-electron chi connectivity index (χ1n) is 9.39. The Morgan fingerprint density at radius 1 is 0.867 bits per heavy atom. The van der Waals surface area contributed by atoms with E-state index in [-0.39, 0.29) is 42.2 Å². The van der Waals surface area contributed by atoms with Crippen molar-refractivity contribution in [3.63, 3.8) is 0 Å². The third-order valence-corrected chi connectivity index (χ3v) is 6.96. The lowest BCUT2D eigenvalue weighted by Gasteiger charge is -2.34. The van der Waals surface area contributed by atoms with Gasteiger partial charge in [-0.1, -0.05) is 12.1 Å². The number of ether oxygens (including phenoxy) is 2. The topological polar surface area (TPSA) is 113 Å². The van der Waals surface area contributed by atoms with Crippen LogP contribution in [0.15, 0.2) is 47.4 Å². The smallest absolute Gasteiger partial charge is 0.336 e. The van der Waals surface area contributed by atoms with Crippen molar-refractivity contribution in [2.24, 2.45) is 0 Å². The summed E-state index contributed by atoms with van der Waals surface area (Å²) in [5.74, 6) is -0.711. The van der Waals surface area contributed by atoms with E-state index in [0.717, 1.165) is 0 Å². The zero-order valence-corrected chi connectivity index (χ0v) is 16.8. The van der Waals surface area contributed by atoms with Crippen LogP contribution in [-0.2, 0) is 10.0 Å². The number of carboxylic acids is 1. The molecule has 1 N–H and O–H groups in total. The number of aromatic carboxylic acids is 1. The number of carboxylic acid groups (broad SMARTS) is 1. The van der Waals surface area contributed by atoms with E-state index in [2.05, 4.69) is 0 Å². The van der Waals surface area contributed by atoms with Crippen LogP contribution in [0.3, 0.4) is 0 Å². The SMILES string of the molecule is O=C(O)c1ccccc1C(=O)N1CCN(S(=O)(=O)c2ccc3c(c2)OCCO3)CC1. The van der Waals surface area contributed by atoms with Crippen molar-refractivity contribution < 1.29 is 32.6 Å². The van der Waals surface area contributed by atoms with Gasteiger partial charge in [0.15, 0.2) is 11.5 Å². The number of carbonyl (C=O) groups is 2. The lowest BCUT2D eigenvalue weighted by atomic mass is 10.1. The minimum atomic E-state index is -3.77. The van der Waals surface area contributed by atoms with E-state index in [4.69, 9.17) is 9.47 Å². The number of rotatable bonds is 4. The van der Waals surface area contributed by atoms with Crippen molar-refractivity contribution in [3.05, 3.63) is 53.6 Å². The van der Waals surface area contributed by atoms with Crippen LogP contribution >= 0.6 is 0 Å². The quantitative estimate of drug-likeness (QED) is 0.775. The second-order valence-electron chi connectivity index (χ2n) is 6.85. The van der Waals surface area contributed by atoms with E-state index in [1.807, 2.05) is 0 Å². The van der Waals surface area contributed by atoms with Crippen molar-refractivity contribution in [3.8, 4) is 11.5 Å². The minimum absolute atomic E-state index is 0.0752. The highest BCUT2D eigenvalue weighted by molar-refractivity contribution is 7.89. The maximum absolute atomic E-state index is 13.0. The molecule has 1 saturated heterocycles. The van der Waals surface area contributed by atoms with Gasteiger partial charge in [-0.3, -0.25) is 4.79 Å². The van der Waals surface area contributed by atoms with Gasteiger partial charge in [0.2, 0.25) is 10.0 Å². The molecule has 2 aliphatic heterocycles. The average molecular weight is 432 g/mol. The fraction of sp³-hybridized carbons (Fsp3) is 0.300. The first-order chi connectivity index (χ1) is 14.4. The van der Waals surface area contributed by atoms with Gasteiger partial charge in [-0.05, 0) is 24.3 Å². The van der Waals surface area contributed by atoms with Gasteiger partial charge < -0.3 is 19.5 Å². The number of fused-ring (bicyclic) bond motifs is 1. The number of hydrogen-bond donors (Lipinski definition) is 1. The highest BCUT2D eigenvalue weighted by Crippen LogP contribution is 2.33. The van der Waals surface area contributed by atoms with Crippen molar-refractivity contribution in [1.29, 1.82) is 0 Å². The van der Waals surface area contributed by atoms with Crippen molar-refractivity contribution in [2.45, 2.75) is 4.90 Å². The Labute approximate surface area is 173 Å². The molecule has 2 aromatic rings. The van der Waals surface area contributed by atoms with E-state index in [1.54, 1.807) is 18.2 Å². The van der Waals surface area contributed by atoms with Gasteiger partial charge in [-0.15, -0.1) is 0 Å². The van der Waals surface area contributed by atoms with Crippen molar-refractivity contribution in [2.75, 3.05) is 39.4 Å². The van der Waals surface area contributed by atoms with Gasteiger partial charge in [0, 0.05) is 32.2 Å². The highest BCUT2D eigenvalue weighted by Gasteiger charge is 2.32. The van der Waals surface area contributed by atoms with Crippen molar-refractivity contribution in [1.82, 2.24) is 9.21 Å². The molecule has 2 aromatic carbocycles. The summed E-state index contributed by atoms with van der Waals surface area (Å²) < 4.78 is 38.2. The van der Waals surface area contributed by atoms with Crippen LogP contribution in [-0.4, -0.2) is 74.0 Å². The Bertz CT molecular complexity index is 1090. The molecule has 0 radical (unpaired) electrons. The third kappa shape index (κ3) is 3.71. The first kappa shape index (κ1) is 20.2. The lowest BCUT2D eigenvalue weighted by molar-refractivity contribution is 0.0656. The number of sulfonamides is 1. The summed E-state index contributed by atoms with van der Waals surface area (Å²) in [6, 6.07) is 10.5. The summed E-state index contributed by atoms with van der Waals surface area (Å²) >= 11 is 0. The van der Waals surface area contributed by atoms with Crippen LogP contribution in [0.1, 0.15) is 20.7 Å². The van der Waals surface area contributed by atoms with Crippen LogP contribution in [0.5, 0.6) is 11.5 Å². The number of nitrogens with zero attached hydrogens (tertiary/aromatic N) is 2. The van der Waals surface area contributed by atoms with Crippen LogP contribution in [0.2, 0.25) is 0 Å². The molecular weight excluding hydrogens is 412 g/mol. The Morgan fingerprint density at radius 3 is 2.17 bits per heavy atom.